The molecule has 0 heterocycles. The van der Waals surface area contributed by atoms with Crippen molar-refractivity contribution in [3.8, 4) is 0 Å². The molecule has 0 rings (SSSR count). The van der Waals surface area contributed by atoms with Crippen molar-refractivity contribution in [2.24, 2.45) is 0 Å². The Bertz CT molecular complexity index is 518. The highest BCUT2D eigenvalue weighted by Crippen LogP contribution is 2.15. The molecule has 0 spiro atoms. The van der Waals surface area contributed by atoms with Gasteiger partial charge in [-0.15, -0.1) is 0 Å². The van der Waals surface area contributed by atoms with Crippen molar-refractivity contribution in [3.63, 3.8) is 0 Å². The van der Waals surface area contributed by atoms with Crippen LogP contribution in [0.15, 0.2) is 0 Å². The molecule has 0 saturated heterocycles. The van der Waals surface area contributed by atoms with Crippen molar-refractivity contribution >= 4 is 5.91 Å². The lowest BCUT2D eigenvalue weighted by Gasteiger charge is -2.27. The Morgan fingerprint density at radius 2 is 0.872 bits per heavy atom. The number of hydrogen-bond acceptors (Lipinski definition) is 5. The molecule has 0 aliphatic carbocycles. The zero-order valence-corrected chi connectivity index (χ0v) is 25.9. The number of hydrogen-bond donors (Lipinski definition) is 5. The molecule has 0 aliphatic rings. The van der Waals surface area contributed by atoms with Crippen molar-refractivity contribution in [1.82, 2.24) is 5.32 Å². The molecule has 234 valence electrons. The highest BCUT2D eigenvalue weighted by atomic mass is 16.3. The normalized spacial score (nSPS) is 14.7. The van der Waals surface area contributed by atoms with E-state index in [1.165, 1.54) is 109 Å². The largest absolute Gasteiger partial charge is 0.394 e. The Labute approximate surface area is 241 Å². The van der Waals surface area contributed by atoms with Crippen molar-refractivity contribution < 1.29 is 25.2 Å². The minimum absolute atomic E-state index is 0.374. The van der Waals surface area contributed by atoms with Crippen LogP contribution in [0.25, 0.3) is 0 Å². The second kappa shape index (κ2) is 28.8. The molecule has 0 aromatic rings. The molecular weight excluding hydrogens is 490 g/mol. The Balaban J connectivity index is 3.80. The zero-order valence-electron chi connectivity index (χ0n) is 25.9. The molecule has 4 atom stereocenters. The first-order valence-electron chi connectivity index (χ1n) is 16.9. The maximum atomic E-state index is 12.4. The van der Waals surface area contributed by atoms with Gasteiger partial charge in [0.15, 0.2) is 0 Å². The van der Waals surface area contributed by atoms with Crippen LogP contribution in [0.4, 0.5) is 0 Å². The van der Waals surface area contributed by atoms with Gasteiger partial charge in [0, 0.05) is 0 Å². The van der Waals surface area contributed by atoms with E-state index in [0.717, 1.165) is 38.5 Å². The van der Waals surface area contributed by atoms with Crippen LogP contribution in [0.2, 0.25) is 0 Å². The van der Waals surface area contributed by atoms with E-state index in [1.54, 1.807) is 0 Å². The lowest BCUT2D eigenvalue weighted by atomic mass is 9.99. The molecule has 1 amide bonds. The zero-order chi connectivity index (χ0) is 29.0. The summed E-state index contributed by atoms with van der Waals surface area (Å²) >= 11 is 0. The van der Waals surface area contributed by atoms with Crippen LogP contribution in [0.5, 0.6) is 0 Å². The third-order valence-corrected chi connectivity index (χ3v) is 8.07. The minimum atomic E-state index is -1.25. The van der Waals surface area contributed by atoms with Gasteiger partial charge < -0.3 is 25.7 Å². The van der Waals surface area contributed by atoms with E-state index < -0.39 is 36.9 Å². The van der Waals surface area contributed by atoms with Gasteiger partial charge in [-0.3, -0.25) is 4.79 Å². The van der Waals surface area contributed by atoms with E-state index in [1.807, 2.05) is 0 Å². The van der Waals surface area contributed by atoms with Crippen LogP contribution in [-0.2, 0) is 4.79 Å². The van der Waals surface area contributed by atoms with E-state index in [9.17, 15) is 25.2 Å². The predicted molar refractivity (Wildman–Crippen MR) is 164 cm³/mol. The first kappa shape index (κ1) is 38.3. The highest BCUT2D eigenvalue weighted by molar-refractivity contribution is 5.80. The molecule has 0 aliphatic heterocycles. The summed E-state index contributed by atoms with van der Waals surface area (Å²) in [6.45, 7) is 3.99. The van der Waals surface area contributed by atoms with Gasteiger partial charge in [-0.2, -0.15) is 0 Å². The van der Waals surface area contributed by atoms with E-state index in [2.05, 4.69) is 19.2 Å². The summed E-state index contributed by atoms with van der Waals surface area (Å²) < 4.78 is 0. The molecule has 0 aromatic heterocycles. The summed E-state index contributed by atoms with van der Waals surface area (Å²) in [7, 11) is 0. The Kier molecular flexibility index (Phi) is 28.3. The molecule has 0 aromatic carbocycles. The lowest BCUT2D eigenvalue weighted by molar-refractivity contribution is -0.132. The van der Waals surface area contributed by atoms with E-state index in [0.29, 0.717) is 12.8 Å². The molecule has 6 nitrogen and oxygen atoms in total. The minimum Gasteiger partial charge on any atom is -0.394 e. The molecule has 0 radical (unpaired) electrons. The van der Waals surface area contributed by atoms with Gasteiger partial charge in [-0.25, -0.2) is 0 Å². The molecule has 4 unspecified atom stereocenters. The molecular formula is C33H67NO5. The van der Waals surface area contributed by atoms with E-state index >= 15 is 0 Å². The first-order chi connectivity index (χ1) is 19.0. The lowest BCUT2D eigenvalue weighted by Crippen LogP contribution is -2.53. The summed E-state index contributed by atoms with van der Waals surface area (Å²) in [6, 6.07) is -0.975. The van der Waals surface area contributed by atoms with Crippen LogP contribution in [-0.4, -0.2) is 57.3 Å². The summed E-state index contributed by atoms with van der Waals surface area (Å²) in [5.74, 6) is -0.585. The van der Waals surface area contributed by atoms with Crippen molar-refractivity contribution in [2.45, 2.75) is 199 Å². The van der Waals surface area contributed by atoms with Crippen LogP contribution in [0.3, 0.4) is 0 Å². The van der Waals surface area contributed by atoms with Gasteiger partial charge in [-0.1, -0.05) is 162 Å². The second-order valence-electron chi connectivity index (χ2n) is 11.9. The number of nitrogens with one attached hydrogen (secondary N) is 1. The summed E-state index contributed by atoms with van der Waals surface area (Å²) in [5, 5.41) is 43.1. The monoisotopic (exact) mass is 558 g/mol. The second-order valence-corrected chi connectivity index (χ2v) is 11.9. The van der Waals surface area contributed by atoms with Gasteiger partial charge in [-0.05, 0) is 12.8 Å². The fourth-order valence-electron chi connectivity index (χ4n) is 5.28. The Morgan fingerprint density at radius 1 is 0.538 bits per heavy atom. The topological polar surface area (TPSA) is 110 Å². The van der Waals surface area contributed by atoms with Crippen molar-refractivity contribution in [1.29, 1.82) is 0 Å². The predicted octanol–water partition coefficient (Wildman–Crippen LogP) is 7.34. The fourth-order valence-corrected chi connectivity index (χ4v) is 5.28. The quantitative estimate of drug-likeness (QED) is 0.0594. The smallest absolute Gasteiger partial charge is 0.249 e. The molecule has 0 saturated carbocycles. The van der Waals surface area contributed by atoms with Gasteiger partial charge in [0.1, 0.15) is 12.2 Å². The van der Waals surface area contributed by atoms with Crippen molar-refractivity contribution in [2.75, 3.05) is 6.61 Å². The summed E-state index contributed by atoms with van der Waals surface area (Å²) in [5.41, 5.74) is 0. The average molecular weight is 558 g/mol. The average Bonchev–Trinajstić information content (AvgIpc) is 2.94. The molecule has 6 heteroatoms. The maximum Gasteiger partial charge on any atom is 0.249 e. The number of unbranched alkanes of at least 4 members (excludes halogenated alkanes) is 21. The number of carbonyl (C=O) groups excluding carboxylic acids is 1. The van der Waals surface area contributed by atoms with Gasteiger partial charge in [0.05, 0.1) is 18.8 Å². The van der Waals surface area contributed by atoms with Gasteiger partial charge in [0.2, 0.25) is 5.91 Å². The SMILES string of the molecule is CCCCCCCCCCCCCCCCCC(O)C(=O)NC(CO)C(O)C(O)CCCCCCCCCC. The number of aliphatic hydroxyl groups excluding tert-OH is 4. The number of aliphatic hydroxyl groups is 4. The van der Waals surface area contributed by atoms with Gasteiger partial charge in [0.25, 0.3) is 0 Å². The van der Waals surface area contributed by atoms with E-state index in [-0.39, 0.29) is 0 Å². The van der Waals surface area contributed by atoms with Crippen LogP contribution in [0.1, 0.15) is 174 Å². The molecule has 0 fully saturated rings. The number of carbonyl (C=O) groups is 1. The number of amides is 1. The van der Waals surface area contributed by atoms with E-state index in [4.69, 9.17) is 0 Å². The van der Waals surface area contributed by atoms with Crippen LogP contribution >= 0.6 is 0 Å². The molecule has 39 heavy (non-hydrogen) atoms. The van der Waals surface area contributed by atoms with Crippen LogP contribution < -0.4 is 5.32 Å². The number of rotatable bonds is 30. The maximum absolute atomic E-state index is 12.4. The standard InChI is InChI=1S/C33H67NO5/c1-3-5-7-9-11-13-14-15-16-17-18-19-21-23-25-27-31(37)33(39)34-29(28-35)32(38)30(36)26-24-22-20-12-10-8-6-4-2/h29-32,35-38H,3-28H2,1-2H3,(H,34,39). The fraction of sp³-hybridized carbons (Fsp3) is 0.970. The summed E-state index contributed by atoms with van der Waals surface area (Å²) in [4.78, 5) is 12.4. The third kappa shape index (κ3) is 23.7. The highest BCUT2D eigenvalue weighted by Gasteiger charge is 2.28. The Morgan fingerprint density at radius 3 is 1.23 bits per heavy atom. The first-order valence-corrected chi connectivity index (χ1v) is 16.9. The van der Waals surface area contributed by atoms with Crippen LogP contribution in [0, 0.1) is 0 Å². The summed E-state index contributed by atoms with van der Waals surface area (Å²) in [6.07, 6.45) is 25.6. The molecule has 0 bridgehead atoms. The third-order valence-electron chi connectivity index (χ3n) is 8.07. The van der Waals surface area contributed by atoms with Gasteiger partial charge >= 0.3 is 0 Å². The Hall–Kier alpha value is -0.690. The van der Waals surface area contributed by atoms with Crippen molar-refractivity contribution in [3.05, 3.63) is 0 Å². The molecule has 5 N–H and O–H groups in total.